The Bertz CT molecular complexity index is 1010. The van der Waals surface area contributed by atoms with Crippen molar-refractivity contribution in [3.63, 3.8) is 0 Å². The fourth-order valence-electron chi connectivity index (χ4n) is 4.62. The second kappa shape index (κ2) is 11.3. The molecule has 0 bridgehead atoms. The van der Waals surface area contributed by atoms with Crippen LogP contribution in [-0.2, 0) is 28.6 Å². The van der Waals surface area contributed by atoms with Crippen molar-refractivity contribution in [3.05, 3.63) is 52.4 Å². The van der Waals surface area contributed by atoms with Crippen LogP contribution in [0.5, 0.6) is 5.75 Å². The Morgan fingerprint density at radius 1 is 1.15 bits per heavy atom. The molecule has 1 aromatic rings. The van der Waals surface area contributed by atoms with Crippen molar-refractivity contribution in [1.82, 2.24) is 5.32 Å². The number of benzene rings is 1. The molecule has 1 aliphatic carbocycles. The van der Waals surface area contributed by atoms with E-state index < -0.39 is 23.8 Å². The van der Waals surface area contributed by atoms with E-state index in [4.69, 9.17) is 18.9 Å². The lowest BCUT2D eigenvalue weighted by atomic mass is 9.69. The third-order valence-electron chi connectivity index (χ3n) is 6.20. The van der Waals surface area contributed by atoms with Gasteiger partial charge in [-0.05, 0) is 43.4 Å². The predicted octanol–water partition coefficient (Wildman–Crippen LogP) is 3.28. The van der Waals surface area contributed by atoms with Crippen LogP contribution < -0.4 is 10.1 Å². The van der Waals surface area contributed by atoms with Crippen molar-refractivity contribution in [2.24, 2.45) is 11.8 Å². The molecule has 1 heterocycles. The summed E-state index contributed by atoms with van der Waals surface area (Å²) >= 11 is 0. The predicted molar refractivity (Wildman–Crippen MR) is 125 cm³/mol. The van der Waals surface area contributed by atoms with Crippen molar-refractivity contribution < 1.29 is 33.3 Å². The number of rotatable bonds is 9. The van der Waals surface area contributed by atoms with E-state index in [1.165, 1.54) is 7.11 Å². The lowest BCUT2D eigenvalue weighted by Crippen LogP contribution is -2.43. The molecule has 184 valence electrons. The molecule has 0 fully saturated rings. The molecule has 3 rings (SSSR count). The Balaban J connectivity index is 2.04. The number of Topliss-reactive ketones (excluding diaryl/α,β-unsaturated/α-hetero) is 1. The zero-order valence-electron chi connectivity index (χ0n) is 20.4. The highest BCUT2D eigenvalue weighted by molar-refractivity contribution is 6.12. The molecule has 8 nitrogen and oxygen atoms in total. The van der Waals surface area contributed by atoms with E-state index in [0.29, 0.717) is 46.9 Å². The van der Waals surface area contributed by atoms with E-state index >= 15 is 0 Å². The van der Waals surface area contributed by atoms with Crippen molar-refractivity contribution in [2.45, 2.75) is 39.5 Å². The number of ether oxygens (including phenoxy) is 4. The third kappa shape index (κ3) is 5.17. The fraction of sp³-hybridized carbons (Fsp3) is 0.500. The van der Waals surface area contributed by atoms with Gasteiger partial charge in [-0.2, -0.15) is 0 Å². The molecule has 3 atom stereocenters. The molecule has 1 N–H and O–H groups in total. The molecular weight excluding hydrogens is 438 g/mol. The van der Waals surface area contributed by atoms with Gasteiger partial charge in [0.2, 0.25) is 0 Å². The second-order valence-corrected chi connectivity index (χ2v) is 8.56. The van der Waals surface area contributed by atoms with Gasteiger partial charge < -0.3 is 24.3 Å². The first-order chi connectivity index (χ1) is 16.3. The van der Waals surface area contributed by atoms with Gasteiger partial charge in [-0.3, -0.25) is 9.59 Å². The van der Waals surface area contributed by atoms with Crippen LogP contribution in [-0.4, -0.2) is 51.8 Å². The number of carbonyl (C=O) groups is 3. The number of ketones is 1. The number of nitrogens with one attached hydrogen (secondary N) is 1. The number of allylic oxidation sites excluding steroid dienone is 3. The monoisotopic (exact) mass is 471 g/mol. The Labute approximate surface area is 200 Å². The maximum absolute atomic E-state index is 13.7. The standard InChI is InChI=1S/C26H33NO7/c1-6-10-33-11-12-34-26(30)21-16(3)27-19-13-15(2)20(25(29)32-5)24(28)23(19)22(21)17-8-7-9-18(14-17)31-4/h7-9,14-15,20,22,27H,6,10-13H2,1-5H3/t15-,20+,22-/m0/s1. The molecule has 0 spiro atoms. The summed E-state index contributed by atoms with van der Waals surface area (Å²) in [6, 6.07) is 7.24. The summed E-state index contributed by atoms with van der Waals surface area (Å²) in [6.45, 7) is 6.63. The van der Waals surface area contributed by atoms with Gasteiger partial charge in [0, 0.05) is 29.5 Å². The highest BCUT2D eigenvalue weighted by atomic mass is 16.6. The Morgan fingerprint density at radius 3 is 2.59 bits per heavy atom. The third-order valence-corrected chi connectivity index (χ3v) is 6.20. The van der Waals surface area contributed by atoms with Crippen molar-refractivity contribution in [1.29, 1.82) is 0 Å². The van der Waals surface area contributed by atoms with Crippen molar-refractivity contribution in [3.8, 4) is 5.75 Å². The molecule has 34 heavy (non-hydrogen) atoms. The summed E-state index contributed by atoms with van der Waals surface area (Å²) in [5.41, 5.74) is 2.75. The molecule has 1 aliphatic heterocycles. The maximum atomic E-state index is 13.7. The lowest BCUT2D eigenvalue weighted by Gasteiger charge is -2.38. The van der Waals surface area contributed by atoms with Crippen molar-refractivity contribution >= 4 is 17.7 Å². The Hall–Kier alpha value is -3.13. The molecule has 8 heteroatoms. The van der Waals surface area contributed by atoms with Gasteiger partial charge in [0.25, 0.3) is 0 Å². The summed E-state index contributed by atoms with van der Waals surface area (Å²) < 4.78 is 21.3. The highest BCUT2D eigenvalue weighted by Crippen LogP contribution is 2.45. The first-order valence-electron chi connectivity index (χ1n) is 11.6. The van der Waals surface area contributed by atoms with Gasteiger partial charge in [0.15, 0.2) is 5.78 Å². The van der Waals surface area contributed by atoms with E-state index in [2.05, 4.69) is 5.32 Å². The summed E-state index contributed by atoms with van der Waals surface area (Å²) in [6.07, 6.45) is 1.35. The van der Waals surface area contributed by atoms with E-state index in [1.807, 2.05) is 19.9 Å². The first kappa shape index (κ1) is 25.5. The minimum atomic E-state index is -0.934. The summed E-state index contributed by atoms with van der Waals surface area (Å²) in [5, 5.41) is 3.25. The smallest absolute Gasteiger partial charge is 0.336 e. The minimum Gasteiger partial charge on any atom is -0.497 e. The number of dihydropyridines is 1. The zero-order chi connectivity index (χ0) is 24.8. The van der Waals surface area contributed by atoms with Crippen LogP contribution in [0.25, 0.3) is 0 Å². The largest absolute Gasteiger partial charge is 0.497 e. The summed E-state index contributed by atoms with van der Waals surface area (Å²) in [4.78, 5) is 39.4. The van der Waals surface area contributed by atoms with Gasteiger partial charge in [-0.15, -0.1) is 0 Å². The van der Waals surface area contributed by atoms with Gasteiger partial charge in [-0.1, -0.05) is 26.0 Å². The summed E-state index contributed by atoms with van der Waals surface area (Å²) in [7, 11) is 2.83. The van der Waals surface area contributed by atoms with Crippen LogP contribution in [0.1, 0.15) is 45.1 Å². The Morgan fingerprint density at radius 2 is 1.91 bits per heavy atom. The molecular formula is C26H33NO7. The Kier molecular flexibility index (Phi) is 8.50. The lowest BCUT2D eigenvalue weighted by molar-refractivity contribution is -0.151. The number of methoxy groups -OCH3 is 2. The quantitative estimate of drug-likeness (QED) is 0.333. The number of carbonyl (C=O) groups excluding carboxylic acids is 3. The van der Waals surface area contributed by atoms with Gasteiger partial charge in [-0.25, -0.2) is 4.79 Å². The minimum absolute atomic E-state index is 0.0993. The van der Waals surface area contributed by atoms with Crippen molar-refractivity contribution in [2.75, 3.05) is 34.0 Å². The molecule has 0 amide bonds. The molecule has 0 radical (unpaired) electrons. The van der Waals surface area contributed by atoms with Crippen LogP contribution in [0.15, 0.2) is 46.8 Å². The van der Waals surface area contributed by atoms with Crippen LogP contribution in [0.4, 0.5) is 0 Å². The van der Waals surface area contributed by atoms with Crippen LogP contribution >= 0.6 is 0 Å². The molecule has 0 saturated heterocycles. The van der Waals surface area contributed by atoms with Crippen LogP contribution in [0.2, 0.25) is 0 Å². The highest BCUT2D eigenvalue weighted by Gasteiger charge is 2.47. The van der Waals surface area contributed by atoms with E-state index in [0.717, 1.165) is 6.42 Å². The first-order valence-corrected chi connectivity index (χ1v) is 11.6. The number of esters is 2. The maximum Gasteiger partial charge on any atom is 0.336 e. The zero-order valence-corrected chi connectivity index (χ0v) is 20.4. The molecule has 0 aromatic heterocycles. The van der Waals surface area contributed by atoms with E-state index in [-0.39, 0.29) is 24.9 Å². The average Bonchev–Trinajstić information content (AvgIpc) is 2.82. The summed E-state index contributed by atoms with van der Waals surface area (Å²) in [5.74, 6) is -2.74. The van der Waals surface area contributed by atoms with Crippen LogP contribution in [0, 0.1) is 11.8 Å². The molecule has 0 unspecified atom stereocenters. The van der Waals surface area contributed by atoms with Gasteiger partial charge in [0.1, 0.15) is 18.3 Å². The van der Waals surface area contributed by atoms with E-state index in [9.17, 15) is 14.4 Å². The molecule has 1 aromatic carbocycles. The average molecular weight is 472 g/mol. The van der Waals surface area contributed by atoms with Gasteiger partial charge in [0.05, 0.1) is 26.4 Å². The normalized spacial score (nSPS) is 22.1. The topological polar surface area (TPSA) is 100 Å². The number of hydrogen-bond acceptors (Lipinski definition) is 8. The molecule has 0 saturated carbocycles. The van der Waals surface area contributed by atoms with Crippen LogP contribution in [0.3, 0.4) is 0 Å². The number of hydrogen-bond donors (Lipinski definition) is 1. The van der Waals surface area contributed by atoms with Gasteiger partial charge >= 0.3 is 11.9 Å². The van der Waals surface area contributed by atoms with E-state index in [1.54, 1.807) is 32.2 Å². The SMILES string of the molecule is CCCOCCOC(=O)C1=C(C)NC2=C(C(=O)[C@H](C(=O)OC)[C@@H](C)C2)[C@H]1c1cccc(OC)c1. The molecule has 2 aliphatic rings. The fourth-order valence-corrected chi connectivity index (χ4v) is 4.62. The second-order valence-electron chi connectivity index (χ2n) is 8.56.